The molecule has 2 rings (SSSR count). The van der Waals surface area contributed by atoms with E-state index >= 15 is 0 Å². The van der Waals surface area contributed by atoms with Gasteiger partial charge in [0.1, 0.15) is 0 Å². The highest BCUT2D eigenvalue weighted by Crippen LogP contribution is 2.36. The largest absolute Gasteiger partial charge is 0.618 e. The Morgan fingerprint density at radius 3 is 3.12 bits per heavy atom. The summed E-state index contributed by atoms with van der Waals surface area (Å²) < 4.78 is 5.97. The van der Waals surface area contributed by atoms with Gasteiger partial charge in [0.25, 0.3) is 0 Å². The lowest BCUT2D eigenvalue weighted by Crippen LogP contribution is -2.46. The number of hydrogen-bond acceptors (Lipinski definition) is 4. The molecule has 0 amide bonds. The molecule has 0 saturated heterocycles. The van der Waals surface area contributed by atoms with Crippen molar-refractivity contribution in [1.82, 2.24) is 0 Å². The van der Waals surface area contributed by atoms with Crippen molar-refractivity contribution in [3.05, 3.63) is 33.2 Å². The molecule has 0 bridgehead atoms. The molecule has 6 heteroatoms. The van der Waals surface area contributed by atoms with E-state index in [2.05, 4.69) is 15.9 Å². The number of aryl methyl sites for hydroxylation is 1. The molecule has 1 atom stereocenters. The molecule has 1 N–H and O–H groups in total. The van der Waals surface area contributed by atoms with Crippen LogP contribution in [-0.2, 0) is 21.6 Å². The van der Waals surface area contributed by atoms with Crippen molar-refractivity contribution in [3.63, 3.8) is 0 Å². The minimum Gasteiger partial charge on any atom is -0.618 e. The number of esters is 1. The van der Waals surface area contributed by atoms with E-state index in [0.29, 0.717) is 21.2 Å². The van der Waals surface area contributed by atoms with Crippen LogP contribution >= 0.6 is 15.9 Å². The molecular formula is C11H12BrNO4. The molecular weight excluding hydrogens is 290 g/mol. The van der Waals surface area contributed by atoms with E-state index in [1.54, 1.807) is 13.0 Å². The molecule has 1 aliphatic rings. The van der Waals surface area contributed by atoms with Crippen LogP contribution in [-0.4, -0.2) is 17.7 Å². The fourth-order valence-electron chi connectivity index (χ4n) is 2.11. The lowest BCUT2D eigenvalue weighted by atomic mass is 10.0. The van der Waals surface area contributed by atoms with Crippen LogP contribution in [0.4, 0.5) is 0 Å². The second kappa shape index (κ2) is 4.27. The summed E-state index contributed by atoms with van der Waals surface area (Å²) in [4.78, 5) is 11.7. The van der Waals surface area contributed by atoms with Crippen molar-refractivity contribution < 1.29 is 19.4 Å². The molecule has 1 aromatic heterocycles. The molecule has 0 radical (unpaired) electrons. The molecule has 0 aliphatic heterocycles. The molecule has 1 heterocycles. The van der Waals surface area contributed by atoms with Crippen molar-refractivity contribution in [1.29, 1.82) is 0 Å². The molecule has 0 fully saturated rings. The quantitative estimate of drug-likeness (QED) is 0.498. The maximum Gasteiger partial charge on any atom is 0.349 e. The normalized spacial score (nSPS) is 22.3. The van der Waals surface area contributed by atoms with Crippen molar-refractivity contribution in [2.24, 2.45) is 0 Å². The Morgan fingerprint density at radius 1 is 1.76 bits per heavy atom. The van der Waals surface area contributed by atoms with Crippen LogP contribution in [0.3, 0.4) is 0 Å². The summed E-state index contributed by atoms with van der Waals surface area (Å²) in [5.41, 5.74) is -1.06. The predicted molar refractivity (Wildman–Crippen MR) is 62.0 cm³/mol. The number of halogens is 1. The van der Waals surface area contributed by atoms with Gasteiger partial charge in [-0.05, 0) is 35.3 Å². The number of aromatic nitrogens is 1. The zero-order valence-electron chi connectivity index (χ0n) is 9.27. The first-order valence-electron chi connectivity index (χ1n) is 5.30. The molecule has 1 unspecified atom stereocenters. The van der Waals surface area contributed by atoms with Crippen LogP contribution in [0.2, 0.25) is 0 Å². The predicted octanol–water partition coefficient (Wildman–Crippen LogP) is 0.779. The third kappa shape index (κ3) is 1.91. The highest BCUT2D eigenvalue weighted by molar-refractivity contribution is 9.10. The molecule has 0 aromatic carbocycles. The van der Waals surface area contributed by atoms with Gasteiger partial charge in [0, 0.05) is 12.0 Å². The topological polar surface area (TPSA) is 73.5 Å². The van der Waals surface area contributed by atoms with Gasteiger partial charge in [-0.3, -0.25) is 0 Å². The lowest BCUT2D eigenvalue weighted by Gasteiger charge is -2.19. The molecule has 1 aromatic rings. The van der Waals surface area contributed by atoms with Crippen molar-refractivity contribution in [2.45, 2.75) is 25.4 Å². The van der Waals surface area contributed by atoms with Crippen LogP contribution in [0.15, 0.2) is 16.7 Å². The van der Waals surface area contributed by atoms with Gasteiger partial charge >= 0.3 is 5.97 Å². The molecule has 92 valence electrons. The number of ether oxygens (including phenoxy) is 1. The van der Waals surface area contributed by atoms with E-state index < -0.39 is 11.6 Å². The van der Waals surface area contributed by atoms with Gasteiger partial charge in [0.2, 0.25) is 11.3 Å². The summed E-state index contributed by atoms with van der Waals surface area (Å²) in [6.45, 7) is 1.83. The van der Waals surface area contributed by atoms with Crippen molar-refractivity contribution in [3.8, 4) is 0 Å². The Morgan fingerprint density at radius 2 is 2.47 bits per heavy atom. The number of pyridine rings is 1. The fraction of sp³-hybridized carbons (Fsp3) is 0.455. The number of fused-ring (bicyclic) bond motifs is 1. The number of carbonyl (C=O) groups is 1. The van der Waals surface area contributed by atoms with E-state index in [-0.39, 0.29) is 18.7 Å². The number of aliphatic hydroxyl groups is 1. The van der Waals surface area contributed by atoms with E-state index in [0.717, 1.165) is 0 Å². The highest BCUT2D eigenvalue weighted by atomic mass is 79.9. The second-order valence-corrected chi connectivity index (χ2v) is 4.85. The Hall–Kier alpha value is -1.14. The van der Waals surface area contributed by atoms with Crippen LogP contribution in [0.5, 0.6) is 0 Å². The first-order chi connectivity index (χ1) is 7.99. The number of hydrogen-bond donors (Lipinski definition) is 1. The van der Waals surface area contributed by atoms with Gasteiger partial charge in [-0.25, -0.2) is 4.79 Å². The van der Waals surface area contributed by atoms with Crippen LogP contribution < -0.4 is 4.73 Å². The SMILES string of the molecule is CCOC(=O)C1(O)CCc2cc(Br)c[n+]([O-])c21. The van der Waals surface area contributed by atoms with E-state index in [4.69, 9.17) is 4.74 Å². The number of nitrogens with zero attached hydrogens (tertiary/aromatic N) is 1. The molecule has 17 heavy (non-hydrogen) atoms. The Kier molecular flexibility index (Phi) is 3.09. The standard InChI is InChI=1S/C11H12BrNO4/c1-2-17-10(14)11(15)4-3-7-5-8(12)6-13(16)9(7)11/h5-6,15H,2-4H2,1H3. The summed E-state index contributed by atoms with van der Waals surface area (Å²) in [6, 6.07) is 1.74. The van der Waals surface area contributed by atoms with Gasteiger partial charge in [-0.2, -0.15) is 4.73 Å². The zero-order valence-corrected chi connectivity index (χ0v) is 10.9. The highest BCUT2D eigenvalue weighted by Gasteiger charge is 2.52. The lowest BCUT2D eigenvalue weighted by molar-refractivity contribution is -0.621. The van der Waals surface area contributed by atoms with Gasteiger partial charge in [0.15, 0.2) is 6.20 Å². The van der Waals surface area contributed by atoms with Gasteiger partial charge < -0.3 is 15.1 Å². The Labute approximate surface area is 107 Å². The van der Waals surface area contributed by atoms with Gasteiger partial charge in [0.05, 0.1) is 11.1 Å². The third-order valence-corrected chi connectivity index (χ3v) is 3.27. The maximum atomic E-state index is 11.8. The first-order valence-corrected chi connectivity index (χ1v) is 6.10. The summed E-state index contributed by atoms with van der Waals surface area (Å²) in [7, 11) is 0. The van der Waals surface area contributed by atoms with Gasteiger partial charge in [-0.15, -0.1) is 0 Å². The van der Waals surface area contributed by atoms with E-state index in [9.17, 15) is 15.1 Å². The smallest absolute Gasteiger partial charge is 0.349 e. The molecule has 0 spiro atoms. The molecule has 0 saturated carbocycles. The number of rotatable bonds is 2. The minimum atomic E-state index is -1.81. The van der Waals surface area contributed by atoms with Crippen LogP contribution in [0.1, 0.15) is 24.6 Å². The van der Waals surface area contributed by atoms with E-state index in [1.165, 1.54) is 6.20 Å². The molecule has 1 aliphatic carbocycles. The monoisotopic (exact) mass is 301 g/mol. The Balaban J connectivity index is 2.49. The van der Waals surface area contributed by atoms with Gasteiger partial charge in [-0.1, -0.05) is 0 Å². The zero-order chi connectivity index (χ0) is 12.6. The fourth-order valence-corrected chi connectivity index (χ4v) is 2.57. The summed E-state index contributed by atoms with van der Waals surface area (Å²) >= 11 is 3.20. The Bertz CT molecular complexity index is 477. The third-order valence-electron chi connectivity index (χ3n) is 2.84. The average molecular weight is 302 g/mol. The summed E-state index contributed by atoms with van der Waals surface area (Å²) in [5, 5.41) is 22.1. The average Bonchev–Trinajstić information content (AvgIpc) is 2.58. The van der Waals surface area contributed by atoms with E-state index in [1.807, 2.05) is 0 Å². The van der Waals surface area contributed by atoms with Crippen LogP contribution in [0, 0.1) is 5.21 Å². The summed E-state index contributed by atoms with van der Waals surface area (Å²) in [5.74, 6) is -0.759. The maximum absolute atomic E-state index is 11.8. The van der Waals surface area contributed by atoms with Crippen molar-refractivity contribution in [2.75, 3.05) is 6.61 Å². The van der Waals surface area contributed by atoms with Crippen molar-refractivity contribution >= 4 is 21.9 Å². The second-order valence-electron chi connectivity index (χ2n) is 3.94. The molecule has 5 nitrogen and oxygen atoms in total. The van der Waals surface area contributed by atoms with Crippen LogP contribution in [0.25, 0.3) is 0 Å². The number of carbonyl (C=O) groups excluding carboxylic acids is 1. The first kappa shape index (κ1) is 12.3. The summed E-state index contributed by atoms with van der Waals surface area (Å²) in [6.07, 6.45) is 1.93. The minimum absolute atomic E-state index is 0.0825.